The van der Waals surface area contributed by atoms with Crippen LogP contribution < -0.4 is 9.80 Å². The predicted octanol–water partition coefficient (Wildman–Crippen LogP) is 4.30. The van der Waals surface area contributed by atoms with Gasteiger partial charge in [0.05, 0.1) is 19.3 Å². The number of aromatic nitrogens is 4. The second-order valence-corrected chi connectivity index (χ2v) is 9.04. The van der Waals surface area contributed by atoms with Gasteiger partial charge in [0.15, 0.2) is 0 Å². The van der Waals surface area contributed by atoms with Gasteiger partial charge in [-0.25, -0.2) is 15.0 Å². The number of anilines is 2. The number of nitrogens with zero attached hydrogens (tertiary/aromatic N) is 5. The average molecular weight is 461 g/mol. The van der Waals surface area contributed by atoms with E-state index in [0.29, 0.717) is 0 Å². The maximum atomic E-state index is 6.34. The summed E-state index contributed by atoms with van der Waals surface area (Å²) in [5, 5.41) is 1.94. The molecule has 0 aliphatic carbocycles. The molecule has 7 nitrogen and oxygen atoms in total. The number of benzene rings is 1. The summed E-state index contributed by atoms with van der Waals surface area (Å²) in [5.74, 6) is 1.72. The van der Waals surface area contributed by atoms with Gasteiger partial charge in [0.1, 0.15) is 5.82 Å². The Hall–Kier alpha value is -3.16. The van der Waals surface area contributed by atoms with Crippen LogP contribution in [0.15, 0.2) is 48.8 Å². The number of nitrogens with one attached hydrogen (secondary N) is 1. The molecule has 1 N–H and O–H groups in total. The normalized spacial score (nSPS) is 18.5. The molecule has 4 aromatic rings. The van der Waals surface area contributed by atoms with Gasteiger partial charge in [-0.05, 0) is 54.8 Å². The minimum Gasteiger partial charge on any atom is -0.378 e. The Morgan fingerprint density at radius 1 is 1.06 bits per heavy atom. The number of rotatable bonds is 3. The third kappa shape index (κ3) is 3.71. The molecule has 0 amide bonds. The number of pyridine rings is 1. The molecule has 3 aromatic heterocycles. The monoisotopic (exact) mass is 460 g/mol. The summed E-state index contributed by atoms with van der Waals surface area (Å²) >= 11 is 6.34. The number of halogens is 1. The van der Waals surface area contributed by atoms with E-state index in [2.05, 4.69) is 44.0 Å². The van der Waals surface area contributed by atoms with Crippen molar-refractivity contribution in [1.82, 2.24) is 19.9 Å². The van der Waals surface area contributed by atoms with Gasteiger partial charge in [-0.2, -0.15) is 0 Å². The number of ether oxygens (including phenoxy) is 1. The third-order valence-electron chi connectivity index (χ3n) is 6.55. The highest BCUT2D eigenvalue weighted by Crippen LogP contribution is 2.40. The van der Waals surface area contributed by atoms with E-state index < -0.39 is 0 Å². The molecule has 1 saturated heterocycles. The summed E-state index contributed by atoms with van der Waals surface area (Å²) in [6, 6.07) is 12.2. The lowest BCUT2D eigenvalue weighted by Gasteiger charge is -2.36. The number of aryl methyl sites for hydroxylation is 1. The van der Waals surface area contributed by atoms with E-state index >= 15 is 0 Å². The summed E-state index contributed by atoms with van der Waals surface area (Å²) in [7, 11) is 0. The van der Waals surface area contributed by atoms with Crippen molar-refractivity contribution in [1.29, 1.82) is 0 Å². The van der Waals surface area contributed by atoms with Crippen molar-refractivity contribution < 1.29 is 4.74 Å². The number of morpholine rings is 1. The highest BCUT2D eigenvalue weighted by molar-refractivity contribution is 6.31. The molecule has 8 heteroatoms. The number of hydrogen-bond donors (Lipinski definition) is 1. The fourth-order valence-electron chi connectivity index (χ4n) is 4.94. The minimum absolute atomic E-state index is 0.0621. The maximum Gasteiger partial charge on any atom is 0.226 e. The second kappa shape index (κ2) is 8.32. The molecule has 1 atom stereocenters. The van der Waals surface area contributed by atoms with Crippen LogP contribution in [0.5, 0.6) is 0 Å². The number of hydrogen-bond acceptors (Lipinski definition) is 6. The lowest BCUT2D eigenvalue weighted by molar-refractivity contribution is 0.122. The first-order valence-electron chi connectivity index (χ1n) is 11.3. The molecule has 33 heavy (non-hydrogen) atoms. The Bertz CT molecular complexity index is 1300. The molecule has 2 aliphatic heterocycles. The van der Waals surface area contributed by atoms with Crippen LogP contribution in [0.25, 0.3) is 10.9 Å². The van der Waals surface area contributed by atoms with Crippen LogP contribution in [-0.2, 0) is 11.2 Å². The standard InChI is InChI=1S/C25H25ClN6O/c1-16-6-8-27-25(29-16)32-9-7-19-20-14-18(26)3-4-21(20)30-23(19)24(32)17-2-5-22(28-15-17)31-10-12-33-13-11-31/h2-6,8,14-15,24,30H,7,9-13H2,1H3. The van der Waals surface area contributed by atoms with Crippen molar-refractivity contribution in [3.63, 3.8) is 0 Å². The molecule has 6 rings (SSSR count). The molecule has 168 valence electrons. The van der Waals surface area contributed by atoms with Crippen LogP contribution in [0.2, 0.25) is 5.02 Å². The minimum atomic E-state index is -0.0621. The van der Waals surface area contributed by atoms with Crippen LogP contribution >= 0.6 is 11.6 Å². The highest BCUT2D eigenvalue weighted by atomic mass is 35.5. The zero-order chi connectivity index (χ0) is 22.4. The van der Waals surface area contributed by atoms with E-state index in [9.17, 15) is 0 Å². The molecule has 2 aliphatic rings. The summed E-state index contributed by atoms with van der Waals surface area (Å²) in [4.78, 5) is 22.4. The molecule has 1 aromatic carbocycles. The van der Waals surface area contributed by atoms with Crippen molar-refractivity contribution in [3.8, 4) is 0 Å². The molecular formula is C25H25ClN6O. The van der Waals surface area contributed by atoms with Crippen molar-refractivity contribution in [2.75, 3.05) is 42.6 Å². The second-order valence-electron chi connectivity index (χ2n) is 8.60. The van der Waals surface area contributed by atoms with E-state index in [0.717, 1.165) is 78.5 Å². The van der Waals surface area contributed by atoms with Crippen LogP contribution in [0, 0.1) is 6.92 Å². The van der Waals surface area contributed by atoms with Crippen LogP contribution in [0.1, 0.15) is 28.6 Å². The summed E-state index contributed by atoms with van der Waals surface area (Å²) < 4.78 is 5.49. The van der Waals surface area contributed by atoms with Crippen molar-refractivity contribution in [2.24, 2.45) is 0 Å². The zero-order valence-corrected chi connectivity index (χ0v) is 19.2. The topological polar surface area (TPSA) is 70.2 Å². The van der Waals surface area contributed by atoms with E-state index in [4.69, 9.17) is 26.3 Å². The summed E-state index contributed by atoms with van der Waals surface area (Å²) in [6.07, 6.45) is 4.71. The van der Waals surface area contributed by atoms with E-state index in [-0.39, 0.29) is 6.04 Å². The van der Waals surface area contributed by atoms with Gasteiger partial charge in [0.2, 0.25) is 5.95 Å². The Kier molecular flexibility index (Phi) is 5.15. The largest absolute Gasteiger partial charge is 0.378 e. The van der Waals surface area contributed by atoms with Crippen LogP contribution in [-0.4, -0.2) is 52.8 Å². The van der Waals surface area contributed by atoms with Gasteiger partial charge in [-0.1, -0.05) is 17.7 Å². The van der Waals surface area contributed by atoms with E-state index in [1.807, 2.05) is 31.5 Å². The fraction of sp³-hybridized carbons (Fsp3) is 0.320. The molecule has 1 unspecified atom stereocenters. The number of aromatic amines is 1. The zero-order valence-electron chi connectivity index (χ0n) is 18.5. The van der Waals surface area contributed by atoms with E-state index in [1.54, 1.807) is 0 Å². The van der Waals surface area contributed by atoms with Crippen molar-refractivity contribution in [2.45, 2.75) is 19.4 Å². The Morgan fingerprint density at radius 3 is 2.73 bits per heavy atom. The molecule has 0 radical (unpaired) electrons. The van der Waals surface area contributed by atoms with Gasteiger partial charge in [-0.3, -0.25) is 0 Å². The average Bonchev–Trinajstić information content (AvgIpc) is 3.22. The first-order valence-corrected chi connectivity index (χ1v) is 11.7. The van der Waals surface area contributed by atoms with E-state index in [1.165, 1.54) is 10.9 Å². The third-order valence-corrected chi connectivity index (χ3v) is 6.78. The Labute approximate surface area is 197 Å². The predicted molar refractivity (Wildman–Crippen MR) is 130 cm³/mol. The van der Waals surface area contributed by atoms with Crippen molar-refractivity contribution >= 4 is 34.3 Å². The highest BCUT2D eigenvalue weighted by Gasteiger charge is 2.33. The van der Waals surface area contributed by atoms with Crippen LogP contribution in [0.4, 0.5) is 11.8 Å². The lowest BCUT2D eigenvalue weighted by atomic mass is 9.93. The summed E-state index contributed by atoms with van der Waals surface area (Å²) in [6.45, 7) is 6.03. The van der Waals surface area contributed by atoms with Gasteiger partial charge in [0.25, 0.3) is 0 Å². The smallest absolute Gasteiger partial charge is 0.226 e. The molecule has 0 saturated carbocycles. The first kappa shape index (κ1) is 20.4. The van der Waals surface area contributed by atoms with Crippen molar-refractivity contribution in [3.05, 3.63) is 76.3 Å². The molecule has 0 spiro atoms. The number of fused-ring (bicyclic) bond motifs is 3. The van der Waals surface area contributed by atoms with Gasteiger partial charge in [0, 0.05) is 59.3 Å². The Morgan fingerprint density at radius 2 is 1.94 bits per heavy atom. The SMILES string of the molecule is Cc1ccnc(N2CCc3c([nH]c4ccc(Cl)cc34)C2c2ccc(N3CCOCC3)nc2)n1. The summed E-state index contributed by atoms with van der Waals surface area (Å²) in [5.41, 5.74) is 5.62. The molecule has 0 bridgehead atoms. The quantitative estimate of drug-likeness (QED) is 0.491. The van der Waals surface area contributed by atoms with Gasteiger partial charge in [-0.15, -0.1) is 0 Å². The van der Waals surface area contributed by atoms with Gasteiger partial charge >= 0.3 is 0 Å². The fourth-order valence-corrected chi connectivity index (χ4v) is 5.11. The lowest BCUT2D eigenvalue weighted by Crippen LogP contribution is -2.38. The molecule has 5 heterocycles. The Balaban J connectivity index is 1.45. The number of H-pyrrole nitrogens is 1. The maximum absolute atomic E-state index is 6.34. The molecular weight excluding hydrogens is 436 g/mol. The van der Waals surface area contributed by atoms with Crippen LogP contribution in [0.3, 0.4) is 0 Å². The molecule has 1 fully saturated rings. The van der Waals surface area contributed by atoms with Gasteiger partial charge < -0.3 is 19.5 Å². The first-order chi connectivity index (χ1) is 16.2.